The van der Waals surface area contributed by atoms with Gasteiger partial charge >= 0.3 is 0 Å². The van der Waals surface area contributed by atoms with E-state index in [-0.39, 0.29) is 0 Å². The summed E-state index contributed by atoms with van der Waals surface area (Å²) in [4.78, 5) is 10.9. The van der Waals surface area contributed by atoms with Gasteiger partial charge < -0.3 is 0 Å². The van der Waals surface area contributed by atoms with Gasteiger partial charge in [-0.3, -0.25) is 4.79 Å². The Morgan fingerprint density at radius 2 is 2.06 bits per heavy atom. The molecule has 1 aromatic heterocycles. The van der Waals surface area contributed by atoms with Gasteiger partial charge in [0, 0.05) is 13.0 Å². The van der Waals surface area contributed by atoms with Gasteiger partial charge in [0.05, 0.1) is 5.69 Å². The highest BCUT2D eigenvalue weighted by molar-refractivity contribution is 5.73. The molecular formula is C13H15N3O. The van der Waals surface area contributed by atoms with Crippen LogP contribution in [0.15, 0.2) is 30.3 Å². The normalized spacial score (nSPS) is 10.4. The van der Waals surface area contributed by atoms with Crippen LogP contribution in [0.1, 0.15) is 35.1 Å². The van der Waals surface area contributed by atoms with E-state index in [0.29, 0.717) is 12.1 Å². The Labute approximate surface area is 100 Å². The molecule has 0 bridgehead atoms. The number of aldehydes is 1. The van der Waals surface area contributed by atoms with Gasteiger partial charge in [-0.2, -0.15) is 0 Å². The van der Waals surface area contributed by atoms with Crippen molar-refractivity contribution in [2.75, 3.05) is 0 Å². The van der Waals surface area contributed by atoms with Crippen molar-refractivity contribution < 1.29 is 4.79 Å². The van der Waals surface area contributed by atoms with Gasteiger partial charge in [-0.1, -0.05) is 42.5 Å². The highest BCUT2D eigenvalue weighted by Gasteiger charge is 2.11. The van der Waals surface area contributed by atoms with Crippen LogP contribution in [-0.4, -0.2) is 21.3 Å². The summed E-state index contributed by atoms with van der Waals surface area (Å²) in [6.45, 7) is 2.87. The summed E-state index contributed by atoms with van der Waals surface area (Å²) in [5.74, 6) is 0. The van der Waals surface area contributed by atoms with Crippen LogP contribution in [0.2, 0.25) is 0 Å². The van der Waals surface area contributed by atoms with E-state index in [4.69, 9.17) is 0 Å². The summed E-state index contributed by atoms with van der Waals surface area (Å²) >= 11 is 0. The van der Waals surface area contributed by atoms with Gasteiger partial charge in [0.1, 0.15) is 5.69 Å². The van der Waals surface area contributed by atoms with Crippen molar-refractivity contribution >= 4 is 6.29 Å². The van der Waals surface area contributed by atoms with Crippen LogP contribution < -0.4 is 0 Å². The van der Waals surface area contributed by atoms with E-state index in [1.165, 1.54) is 0 Å². The van der Waals surface area contributed by atoms with Crippen molar-refractivity contribution in [3.63, 3.8) is 0 Å². The van der Waals surface area contributed by atoms with Crippen molar-refractivity contribution in [2.24, 2.45) is 0 Å². The standard InChI is InChI=1S/C13H15N3O/c1-2-8-16-13(12(10-17)14-15-16)9-11-6-4-3-5-7-11/h3-7,10H,2,8-9H2,1H3. The fourth-order valence-corrected chi connectivity index (χ4v) is 1.80. The molecule has 2 rings (SSSR count). The minimum atomic E-state index is 0.447. The molecule has 0 amide bonds. The molecule has 0 aliphatic heterocycles. The maximum atomic E-state index is 10.9. The molecule has 4 heteroatoms. The Bertz CT molecular complexity index is 491. The summed E-state index contributed by atoms with van der Waals surface area (Å²) < 4.78 is 1.82. The number of rotatable bonds is 5. The second kappa shape index (κ2) is 5.39. The molecule has 1 aromatic carbocycles. The molecule has 0 radical (unpaired) electrons. The zero-order chi connectivity index (χ0) is 12.1. The fraction of sp³-hybridized carbons (Fsp3) is 0.308. The largest absolute Gasteiger partial charge is 0.296 e. The Hall–Kier alpha value is -1.97. The van der Waals surface area contributed by atoms with Crippen molar-refractivity contribution in [1.82, 2.24) is 15.0 Å². The zero-order valence-corrected chi connectivity index (χ0v) is 9.84. The van der Waals surface area contributed by atoms with Crippen LogP contribution >= 0.6 is 0 Å². The van der Waals surface area contributed by atoms with Gasteiger partial charge in [0.2, 0.25) is 0 Å². The van der Waals surface area contributed by atoms with Gasteiger partial charge in [-0.05, 0) is 12.0 Å². The van der Waals surface area contributed by atoms with Crippen molar-refractivity contribution in [3.05, 3.63) is 47.3 Å². The molecule has 0 unspecified atom stereocenters. The lowest BCUT2D eigenvalue weighted by Gasteiger charge is -2.05. The van der Waals surface area contributed by atoms with E-state index in [9.17, 15) is 4.79 Å². The first kappa shape index (κ1) is 11.5. The van der Waals surface area contributed by atoms with Crippen LogP contribution in [0, 0.1) is 0 Å². The Kier molecular flexibility index (Phi) is 3.65. The third-order valence-electron chi connectivity index (χ3n) is 2.63. The zero-order valence-electron chi connectivity index (χ0n) is 9.84. The summed E-state index contributed by atoms with van der Waals surface area (Å²) in [7, 11) is 0. The topological polar surface area (TPSA) is 47.8 Å². The predicted molar refractivity (Wildman–Crippen MR) is 64.9 cm³/mol. The number of hydrogen-bond acceptors (Lipinski definition) is 3. The Balaban J connectivity index is 2.29. The SMILES string of the molecule is CCCn1nnc(C=O)c1Cc1ccccc1. The number of aromatic nitrogens is 3. The van der Waals surface area contributed by atoms with Gasteiger partial charge in [0.15, 0.2) is 6.29 Å². The number of aryl methyl sites for hydroxylation is 1. The van der Waals surface area contributed by atoms with E-state index in [1.54, 1.807) is 0 Å². The van der Waals surface area contributed by atoms with Gasteiger partial charge in [0.25, 0.3) is 0 Å². The van der Waals surface area contributed by atoms with Crippen LogP contribution in [0.25, 0.3) is 0 Å². The number of carbonyl (C=O) groups is 1. The van der Waals surface area contributed by atoms with Crippen molar-refractivity contribution in [1.29, 1.82) is 0 Å². The monoisotopic (exact) mass is 229 g/mol. The molecule has 0 aliphatic rings. The number of carbonyl (C=O) groups excluding carboxylic acids is 1. The predicted octanol–water partition coefficient (Wildman–Crippen LogP) is 2.09. The highest BCUT2D eigenvalue weighted by atomic mass is 16.1. The molecule has 0 saturated carbocycles. The first-order valence-corrected chi connectivity index (χ1v) is 5.76. The lowest BCUT2D eigenvalue weighted by atomic mass is 10.1. The van der Waals surface area contributed by atoms with E-state index < -0.39 is 0 Å². The highest BCUT2D eigenvalue weighted by Crippen LogP contribution is 2.11. The molecule has 0 fully saturated rings. The molecule has 0 N–H and O–H groups in total. The van der Waals surface area contributed by atoms with Gasteiger partial charge in [-0.25, -0.2) is 4.68 Å². The van der Waals surface area contributed by atoms with E-state index in [1.807, 2.05) is 35.0 Å². The second-order valence-electron chi connectivity index (χ2n) is 3.92. The fourth-order valence-electron chi connectivity index (χ4n) is 1.80. The maximum absolute atomic E-state index is 10.9. The summed E-state index contributed by atoms with van der Waals surface area (Å²) in [5, 5.41) is 7.90. The number of nitrogens with zero attached hydrogens (tertiary/aromatic N) is 3. The lowest BCUT2D eigenvalue weighted by Crippen LogP contribution is -2.06. The minimum absolute atomic E-state index is 0.447. The number of benzene rings is 1. The molecule has 0 atom stereocenters. The van der Waals surface area contributed by atoms with Crippen molar-refractivity contribution in [2.45, 2.75) is 26.3 Å². The Morgan fingerprint density at radius 3 is 2.71 bits per heavy atom. The molecule has 0 aliphatic carbocycles. The third kappa shape index (κ3) is 2.58. The summed E-state index contributed by atoms with van der Waals surface area (Å²) in [6.07, 6.45) is 2.45. The molecule has 4 nitrogen and oxygen atoms in total. The molecule has 17 heavy (non-hydrogen) atoms. The average molecular weight is 229 g/mol. The van der Waals surface area contributed by atoms with E-state index in [0.717, 1.165) is 30.5 Å². The molecule has 0 spiro atoms. The average Bonchev–Trinajstić information content (AvgIpc) is 2.74. The number of hydrogen-bond donors (Lipinski definition) is 0. The smallest absolute Gasteiger partial charge is 0.172 e. The first-order valence-electron chi connectivity index (χ1n) is 5.76. The molecule has 2 aromatic rings. The first-order chi connectivity index (χ1) is 8.35. The third-order valence-corrected chi connectivity index (χ3v) is 2.63. The van der Waals surface area contributed by atoms with Crippen LogP contribution in [0.4, 0.5) is 0 Å². The van der Waals surface area contributed by atoms with E-state index >= 15 is 0 Å². The minimum Gasteiger partial charge on any atom is -0.296 e. The Morgan fingerprint density at radius 1 is 1.29 bits per heavy atom. The summed E-state index contributed by atoms with van der Waals surface area (Å²) in [5.41, 5.74) is 2.51. The van der Waals surface area contributed by atoms with E-state index in [2.05, 4.69) is 17.2 Å². The van der Waals surface area contributed by atoms with Gasteiger partial charge in [-0.15, -0.1) is 5.10 Å². The molecule has 1 heterocycles. The summed E-state index contributed by atoms with van der Waals surface area (Å²) in [6, 6.07) is 10.0. The van der Waals surface area contributed by atoms with Crippen LogP contribution in [0.5, 0.6) is 0 Å². The molecule has 0 saturated heterocycles. The molecule has 88 valence electrons. The van der Waals surface area contributed by atoms with Crippen molar-refractivity contribution in [3.8, 4) is 0 Å². The van der Waals surface area contributed by atoms with Crippen LogP contribution in [-0.2, 0) is 13.0 Å². The molecular weight excluding hydrogens is 214 g/mol. The second-order valence-corrected chi connectivity index (χ2v) is 3.92. The van der Waals surface area contributed by atoms with Crippen LogP contribution in [0.3, 0.4) is 0 Å². The maximum Gasteiger partial charge on any atom is 0.172 e. The quantitative estimate of drug-likeness (QED) is 0.737. The lowest BCUT2D eigenvalue weighted by molar-refractivity contribution is 0.111.